The minimum absolute atomic E-state index is 0.350. The molecule has 28 heavy (non-hydrogen) atoms. The molecule has 0 amide bonds. The molecule has 0 bridgehead atoms. The van der Waals surface area contributed by atoms with E-state index in [9.17, 15) is 4.39 Å². The van der Waals surface area contributed by atoms with Crippen molar-refractivity contribution in [1.82, 2.24) is 4.98 Å². The van der Waals surface area contributed by atoms with E-state index in [1.54, 1.807) is 12.3 Å². The zero-order chi connectivity index (χ0) is 19.5. The van der Waals surface area contributed by atoms with Gasteiger partial charge in [0, 0.05) is 5.22 Å². The molecule has 0 aliphatic heterocycles. The predicted octanol–water partition coefficient (Wildman–Crippen LogP) is 5.27. The molecule has 0 atom stereocenters. The van der Waals surface area contributed by atoms with Gasteiger partial charge < -0.3 is 0 Å². The van der Waals surface area contributed by atoms with Crippen LogP contribution in [0, 0.1) is 5.82 Å². The fourth-order valence-electron chi connectivity index (χ4n) is 3.62. The van der Waals surface area contributed by atoms with Gasteiger partial charge in [-0.2, -0.15) is 0 Å². The molecule has 1 aromatic heterocycles. The third-order valence-electron chi connectivity index (χ3n) is 4.89. The van der Waals surface area contributed by atoms with E-state index >= 15 is 0 Å². The average Bonchev–Trinajstić information content (AvgIpc) is 2.73. The lowest BCUT2D eigenvalue weighted by Crippen LogP contribution is -2.25. The molecule has 0 saturated carbocycles. The molecule has 0 N–H and O–H groups in total. The predicted molar refractivity (Wildman–Crippen MR) is 117 cm³/mol. The first-order valence-electron chi connectivity index (χ1n) is 9.48. The highest BCUT2D eigenvalue weighted by molar-refractivity contribution is 6.08. The molecule has 2 nitrogen and oxygen atoms in total. The van der Waals surface area contributed by atoms with Crippen molar-refractivity contribution in [1.29, 1.82) is 0 Å². The van der Waals surface area contributed by atoms with E-state index in [4.69, 9.17) is 4.99 Å². The van der Waals surface area contributed by atoms with Crippen LogP contribution < -0.4 is 10.4 Å². The second kappa shape index (κ2) is 7.73. The molecule has 0 aliphatic rings. The standard InChI is InChI=1S/C25H21FN2/c1-3-7-23-20(4-2)22-13-10-17-8-5-6-9-21(17)24(22)14-25(23)28-16-19-12-11-18(26)15-27-19/h4-16H,3H2,1-2H3/b20-4-,23-7+,28-16?. The van der Waals surface area contributed by atoms with Crippen molar-refractivity contribution in [3.63, 3.8) is 0 Å². The Morgan fingerprint density at radius 2 is 1.82 bits per heavy atom. The first kappa shape index (κ1) is 18.1. The summed E-state index contributed by atoms with van der Waals surface area (Å²) < 4.78 is 13.1. The Bertz CT molecular complexity index is 1300. The number of pyridine rings is 1. The van der Waals surface area contributed by atoms with E-state index in [-0.39, 0.29) is 5.82 Å². The molecule has 0 unspecified atom stereocenters. The lowest BCUT2D eigenvalue weighted by atomic mass is 9.98. The number of hydrogen-bond acceptors (Lipinski definition) is 2. The molecule has 3 aromatic carbocycles. The molecule has 0 saturated heterocycles. The molecular formula is C25H21FN2. The van der Waals surface area contributed by atoms with E-state index in [0.717, 1.165) is 17.3 Å². The second-order valence-corrected chi connectivity index (χ2v) is 6.67. The van der Waals surface area contributed by atoms with Crippen molar-refractivity contribution >= 4 is 45.6 Å². The van der Waals surface area contributed by atoms with Crippen molar-refractivity contribution in [2.75, 3.05) is 0 Å². The molecule has 1 heterocycles. The quantitative estimate of drug-likeness (QED) is 0.357. The van der Waals surface area contributed by atoms with Gasteiger partial charge in [-0.15, -0.1) is 0 Å². The summed E-state index contributed by atoms with van der Waals surface area (Å²) in [6, 6.07) is 17.9. The summed E-state index contributed by atoms with van der Waals surface area (Å²) in [5, 5.41) is 7.12. The van der Waals surface area contributed by atoms with Crippen molar-refractivity contribution in [3.8, 4) is 0 Å². The normalized spacial score (nSPS) is 13.2. The van der Waals surface area contributed by atoms with Crippen LogP contribution in [-0.4, -0.2) is 11.2 Å². The van der Waals surface area contributed by atoms with Gasteiger partial charge in [-0.25, -0.2) is 4.39 Å². The minimum atomic E-state index is -0.350. The van der Waals surface area contributed by atoms with Gasteiger partial charge in [0.2, 0.25) is 0 Å². The zero-order valence-corrected chi connectivity index (χ0v) is 16.0. The molecule has 0 fully saturated rings. The van der Waals surface area contributed by atoms with Crippen LogP contribution >= 0.6 is 0 Å². The summed E-state index contributed by atoms with van der Waals surface area (Å²) in [7, 11) is 0. The monoisotopic (exact) mass is 368 g/mol. The topological polar surface area (TPSA) is 25.2 Å². The Kier molecular flexibility index (Phi) is 4.98. The molecule has 0 aliphatic carbocycles. The summed E-state index contributed by atoms with van der Waals surface area (Å²) in [6.07, 6.45) is 8.16. The Balaban J connectivity index is 2.03. The van der Waals surface area contributed by atoms with Crippen LogP contribution in [0.4, 0.5) is 10.1 Å². The van der Waals surface area contributed by atoms with Crippen LogP contribution in [-0.2, 0) is 0 Å². The number of benzene rings is 3. The zero-order valence-electron chi connectivity index (χ0n) is 16.0. The SMILES string of the molecule is C/C=c1\c(=C/CC)c(N=Cc2ccc(F)cn2)cc2c1ccc1ccccc12. The summed E-state index contributed by atoms with van der Waals surface area (Å²) in [5.41, 5.74) is 1.52. The highest BCUT2D eigenvalue weighted by atomic mass is 19.1. The summed E-state index contributed by atoms with van der Waals surface area (Å²) in [5.74, 6) is -0.350. The van der Waals surface area contributed by atoms with Gasteiger partial charge >= 0.3 is 0 Å². The van der Waals surface area contributed by atoms with Gasteiger partial charge in [0.05, 0.1) is 23.8 Å². The van der Waals surface area contributed by atoms with Gasteiger partial charge in [0.15, 0.2) is 0 Å². The van der Waals surface area contributed by atoms with Gasteiger partial charge in [-0.05, 0) is 58.3 Å². The number of aliphatic imine (C=N–C) groups is 1. The number of aromatic nitrogens is 1. The van der Waals surface area contributed by atoms with Gasteiger partial charge in [-0.3, -0.25) is 9.98 Å². The number of fused-ring (bicyclic) bond motifs is 3. The summed E-state index contributed by atoms with van der Waals surface area (Å²) >= 11 is 0. The maximum atomic E-state index is 13.1. The van der Waals surface area contributed by atoms with E-state index in [2.05, 4.69) is 73.4 Å². The lowest BCUT2D eigenvalue weighted by Gasteiger charge is -2.08. The van der Waals surface area contributed by atoms with Crippen LogP contribution in [0.3, 0.4) is 0 Å². The van der Waals surface area contributed by atoms with Crippen molar-refractivity contribution < 1.29 is 4.39 Å². The van der Waals surface area contributed by atoms with Crippen LogP contribution in [0.1, 0.15) is 26.0 Å². The third-order valence-corrected chi connectivity index (χ3v) is 4.89. The number of nitrogens with zero attached hydrogens (tertiary/aromatic N) is 2. The van der Waals surface area contributed by atoms with Crippen molar-refractivity contribution in [2.45, 2.75) is 20.3 Å². The van der Waals surface area contributed by atoms with E-state index < -0.39 is 0 Å². The lowest BCUT2D eigenvalue weighted by molar-refractivity contribution is 0.621. The third kappa shape index (κ3) is 3.31. The van der Waals surface area contributed by atoms with Crippen LogP contribution in [0.15, 0.2) is 65.8 Å². The van der Waals surface area contributed by atoms with Crippen molar-refractivity contribution in [3.05, 3.63) is 82.7 Å². The maximum Gasteiger partial charge on any atom is 0.141 e. The first-order valence-corrected chi connectivity index (χ1v) is 9.48. The van der Waals surface area contributed by atoms with E-state index in [1.807, 2.05) is 0 Å². The van der Waals surface area contributed by atoms with Crippen molar-refractivity contribution in [2.24, 2.45) is 4.99 Å². The molecule has 4 rings (SSSR count). The van der Waals surface area contributed by atoms with Gasteiger partial charge in [0.1, 0.15) is 5.82 Å². The first-order chi connectivity index (χ1) is 13.7. The number of hydrogen-bond donors (Lipinski definition) is 0. The van der Waals surface area contributed by atoms with Gasteiger partial charge in [-0.1, -0.05) is 55.5 Å². The number of halogens is 1. The smallest absolute Gasteiger partial charge is 0.141 e. The molecule has 138 valence electrons. The minimum Gasteiger partial charge on any atom is -0.254 e. The average molecular weight is 368 g/mol. The highest BCUT2D eigenvalue weighted by Gasteiger charge is 2.06. The molecular weight excluding hydrogens is 347 g/mol. The molecule has 0 radical (unpaired) electrons. The maximum absolute atomic E-state index is 13.1. The van der Waals surface area contributed by atoms with Crippen LogP contribution in [0.5, 0.6) is 0 Å². The Labute approximate surface area is 163 Å². The Morgan fingerprint density at radius 1 is 0.964 bits per heavy atom. The van der Waals surface area contributed by atoms with Crippen LogP contribution in [0.2, 0.25) is 0 Å². The number of rotatable bonds is 3. The second-order valence-electron chi connectivity index (χ2n) is 6.67. The summed E-state index contributed by atoms with van der Waals surface area (Å²) in [6.45, 7) is 4.19. The fraction of sp³-hybridized carbons (Fsp3) is 0.120. The largest absolute Gasteiger partial charge is 0.254 e. The van der Waals surface area contributed by atoms with E-state index in [0.29, 0.717) is 5.69 Å². The van der Waals surface area contributed by atoms with E-state index in [1.165, 1.54) is 39.0 Å². The van der Waals surface area contributed by atoms with Gasteiger partial charge in [0.25, 0.3) is 0 Å². The summed E-state index contributed by atoms with van der Waals surface area (Å²) in [4.78, 5) is 8.81. The fourth-order valence-corrected chi connectivity index (χ4v) is 3.62. The Morgan fingerprint density at radius 3 is 2.57 bits per heavy atom. The van der Waals surface area contributed by atoms with Crippen LogP contribution in [0.25, 0.3) is 33.7 Å². The highest BCUT2D eigenvalue weighted by Crippen LogP contribution is 2.25. The molecule has 4 aromatic rings. The Hall–Kier alpha value is -3.33. The molecule has 0 spiro atoms. The molecule has 3 heteroatoms.